The molecule has 0 saturated heterocycles. The van der Waals surface area contributed by atoms with Gasteiger partial charge in [0.2, 0.25) is 0 Å². The minimum atomic E-state index is -0.279. The topological polar surface area (TPSA) is 17.3 Å². The molecule has 0 unspecified atom stereocenters. The third-order valence-electron chi connectivity index (χ3n) is 1.99. The van der Waals surface area contributed by atoms with Gasteiger partial charge in [0.25, 0.3) is 0 Å². The van der Waals surface area contributed by atoms with Crippen LogP contribution < -0.4 is 0 Å². The first-order valence-electron chi connectivity index (χ1n) is 3.92. The van der Waals surface area contributed by atoms with Crippen molar-refractivity contribution in [2.45, 2.75) is 12.8 Å². The first-order valence-corrected chi connectivity index (χ1v) is 4.45. The van der Waals surface area contributed by atoms with Gasteiger partial charge in [-0.25, -0.2) is 9.37 Å². The molecule has 0 saturated carbocycles. The maximum absolute atomic E-state index is 13.3. The quantitative estimate of drug-likeness (QED) is 0.644. The van der Waals surface area contributed by atoms with E-state index in [9.17, 15) is 4.39 Å². The Balaban J connectivity index is 2.89. The summed E-state index contributed by atoms with van der Waals surface area (Å²) in [6.07, 6.45) is 1.77. The van der Waals surface area contributed by atoms with Crippen molar-refractivity contribution in [3.8, 4) is 0 Å². The van der Waals surface area contributed by atoms with E-state index in [4.69, 9.17) is 11.6 Å². The van der Waals surface area contributed by atoms with E-state index >= 15 is 0 Å². The van der Waals surface area contributed by atoms with Crippen molar-refractivity contribution in [2.24, 2.45) is 0 Å². The van der Waals surface area contributed by atoms with Crippen LogP contribution in [-0.2, 0) is 5.88 Å². The number of hydrogen-bond donors (Lipinski definition) is 0. The van der Waals surface area contributed by atoms with Gasteiger partial charge in [-0.1, -0.05) is 0 Å². The summed E-state index contributed by atoms with van der Waals surface area (Å²) in [5, 5.41) is 0. The third kappa shape index (κ3) is 1.20. The molecule has 0 aliphatic heterocycles. The molecule has 2 rings (SSSR count). The number of imidazole rings is 1. The van der Waals surface area contributed by atoms with Gasteiger partial charge in [0.15, 0.2) is 0 Å². The Morgan fingerprint density at radius 3 is 3.08 bits per heavy atom. The fourth-order valence-electron chi connectivity index (χ4n) is 1.42. The Hall–Kier alpha value is -1.09. The van der Waals surface area contributed by atoms with Gasteiger partial charge < -0.3 is 4.40 Å². The molecule has 2 nitrogen and oxygen atoms in total. The van der Waals surface area contributed by atoms with Crippen LogP contribution in [0.25, 0.3) is 5.52 Å². The summed E-state index contributed by atoms with van der Waals surface area (Å²) < 4.78 is 15.0. The zero-order valence-corrected chi connectivity index (χ0v) is 7.85. The molecule has 2 aromatic heterocycles. The van der Waals surface area contributed by atoms with Gasteiger partial charge in [-0.05, 0) is 19.1 Å². The van der Waals surface area contributed by atoms with Gasteiger partial charge in [0.05, 0.1) is 11.6 Å². The molecule has 0 spiro atoms. The van der Waals surface area contributed by atoms with E-state index in [1.807, 2.05) is 6.92 Å². The second-order valence-corrected chi connectivity index (χ2v) is 3.08. The Morgan fingerprint density at radius 2 is 2.38 bits per heavy atom. The average Bonchev–Trinajstić information content (AvgIpc) is 2.45. The Kier molecular flexibility index (Phi) is 1.96. The minimum Gasteiger partial charge on any atom is -0.301 e. The maximum atomic E-state index is 13.3. The van der Waals surface area contributed by atoms with E-state index in [1.54, 1.807) is 16.7 Å². The van der Waals surface area contributed by atoms with Crippen molar-refractivity contribution in [2.75, 3.05) is 0 Å². The molecule has 0 amide bonds. The number of nitrogens with zero attached hydrogens (tertiary/aromatic N) is 2. The van der Waals surface area contributed by atoms with Crippen LogP contribution in [0.4, 0.5) is 4.39 Å². The zero-order chi connectivity index (χ0) is 9.42. The molecule has 0 N–H and O–H groups in total. The number of aryl methyl sites for hydroxylation is 1. The summed E-state index contributed by atoms with van der Waals surface area (Å²) in [4.78, 5) is 4.16. The fraction of sp³-hybridized carbons (Fsp3) is 0.222. The number of fused-ring (bicyclic) bond motifs is 1. The highest BCUT2D eigenvalue weighted by Gasteiger charge is 2.10. The SMILES string of the molecule is Cc1nc(CCl)c2c(F)cccn12. The molecular formula is C9H8ClFN2. The first kappa shape index (κ1) is 8.51. The molecule has 2 aromatic rings. The molecule has 0 fully saturated rings. The smallest absolute Gasteiger partial charge is 0.149 e. The lowest BCUT2D eigenvalue weighted by atomic mass is 10.3. The van der Waals surface area contributed by atoms with Crippen molar-refractivity contribution < 1.29 is 4.39 Å². The molecule has 0 atom stereocenters. The lowest BCUT2D eigenvalue weighted by molar-refractivity contribution is 0.632. The maximum Gasteiger partial charge on any atom is 0.149 e. The lowest BCUT2D eigenvalue weighted by Gasteiger charge is -1.96. The molecule has 0 bridgehead atoms. The van der Waals surface area contributed by atoms with Crippen LogP contribution in [0.5, 0.6) is 0 Å². The van der Waals surface area contributed by atoms with Crippen LogP contribution in [0.3, 0.4) is 0 Å². The van der Waals surface area contributed by atoms with Crippen LogP contribution >= 0.6 is 11.6 Å². The van der Waals surface area contributed by atoms with E-state index in [2.05, 4.69) is 4.98 Å². The molecule has 68 valence electrons. The molecule has 13 heavy (non-hydrogen) atoms. The Labute approximate surface area is 80.0 Å². The van der Waals surface area contributed by atoms with Crippen LogP contribution in [0.2, 0.25) is 0 Å². The van der Waals surface area contributed by atoms with Crippen LogP contribution in [0.1, 0.15) is 11.5 Å². The van der Waals surface area contributed by atoms with Gasteiger partial charge in [0.1, 0.15) is 17.2 Å². The van der Waals surface area contributed by atoms with E-state index in [0.29, 0.717) is 11.2 Å². The van der Waals surface area contributed by atoms with Crippen molar-refractivity contribution in [3.05, 3.63) is 35.7 Å². The summed E-state index contributed by atoms with van der Waals surface area (Å²) in [6, 6.07) is 3.06. The summed E-state index contributed by atoms with van der Waals surface area (Å²) in [5.41, 5.74) is 1.08. The molecule has 0 radical (unpaired) electrons. The lowest BCUT2D eigenvalue weighted by Crippen LogP contribution is -1.89. The highest BCUT2D eigenvalue weighted by molar-refractivity contribution is 6.17. The molecule has 0 aliphatic rings. The molecule has 2 heterocycles. The zero-order valence-electron chi connectivity index (χ0n) is 7.09. The molecular weight excluding hydrogens is 191 g/mol. The third-order valence-corrected chi connectivity index (χ3v) is 2.24. The number of hydrogen-bond acceptors (Lipinski definition) is 1. The second-order valence-electron chi connectivity index (χ2n) is 2.81. The number of pyridine rings is 1. The monoisotopic (exact) mass is 198 g/mol. The number of aromatic nitrogens is 2. The van der Waals surface area contributed by atoms with Gasteiger partial charge >= 0.3 is 0 Å². The average molecular weight is 199 g/mol. The largest absolute Gasteiger partial charge is 0.301 e. The minimum absolute atomic E-state index is 0.234. The first-order chi connectivity index (χ1) is 6.24. The van der Waals surface area contributed by atoms with Crippen molar-refractivity contribution in [3.63, 3.8) is 0 Å². The highest BCUT2D eigenvalue weighted by Crippen LogP contribution is 2.17. The summed E-state index contributed by atoms with van der Waals surface area (Å²) in [7, 11) is 0. The highest BCUT2D eigenvalue weighted by atomic mass is 35.5. The predicted molar refractivity (Wildman–Crippen MR) is 49.4 cm³/mol. The summed E-state index contributed by atoms with van der Waals surface area (Å²) in [6.45, 7) is 1.82. The van der Waals surface area contributed by atoms with Crippen LogP contribution in [0, 0.1) is 12.7 Å². The standard InChI is InChI=1S/C9H8ClFN2/c1-6-12-8(5-10)9-7(11)3-2-4-13(6)9/h2-4H,5H2,1H3. The van der Waals surface area contributed by atoms with E-state index in [0.717, 1.165) is 5.82 Å². The van der Waals surface area contributed by atoms with Crippen LogP contribution in [-0.4, -0.2) is 9.38 Å². The predicted octanol–water partition coefficient (Wildman–Crippen LogP) is 2.52. The van der Waals surface area contributed by atoms with Crippen LogP contribution in [0.15, 0.2) is 18.3 Å². The van der Waals surface area contributed by atoms with E-state index < -0.39 is 0 Å². The number of alkyl halides is 1. The van der Waals surface area contributed by atoms with Gasteiger partial charge in [-0.15, -0.1) is 11.6 Å². The number of rotatable bonds is 1. The van der Waals surface area contributed by atoms with Gasteiger partial charge in [-0.3, -0.25) is 0 Å². The summed E-state index contributed by atoms with van der Waals surface area (Å²) in [5.74, 6) is 0.710. The Morgan fingerprint density at radius 1 is 1.62 bits per heavy atom. The van der Waals surface area contributed by atoms with Crippen molar-refractivity contribution in [1.82, 2.24) is 9.38 Å². The summed E-state index contributed by atoms with van der Waals surface area (Å²) >= 11 is 5.65. The molecule has 4 heteroatoms. The second kappa shape index (κ2) is 3.00. The van der Waals surface area contributed by atoms with Gasteiger partial charge in [0, 0.05) is 6.20 Å². The normalized spacial score (nSPS) is 11.0. The van der Waals surface area contributed by atoms with E-state index in [1.165, 1.54) is 6.07 Å². The Bertz CT molecular complexity index is 450. The fourth-order valence-corrected chi connectivity index (χ4v) is 1.61. The van der Waals surface area contributed by atoms with E-state index in [-0.39, 0.29) is 11.7 Å². The van der Waals surface area contributed by atoms with Gasteiger partial charge in [-0.2, -0.15) is 0 Å². The number of halogens is 2. The molecule has 0 aliphatic carbocycles. The molecule has 0 aromatic carbocycles. The van der Waals surface area contributed by atoms with Crippen molar-refractivity contribution in [1.29, 1.82) is 0 Å². The van der Waals surface area contributed by atoms with Crippen molar-refractivity contribution >= 4 is 17.1 Å².